The molecule has 0 spiro atoms. The standard InChI is InChI=1S/C14H27N5O4/c1-7(2)9(15)11(21)8(6-20)10(16)12(18-19-13(17)22)23-14(3,4)5/h6-10H,15-16H2,1-5H3,(H3,17,19,22)/t8-,9+,10?/m1/s1. The molecule has 0 saturated heterocycles. The van der Waals surface area contributed by atoms with E-state index >= 15 is 0 Å². The Kier molecular flexibility index (Phi) is 7.84. The topological polar surface area (TPSA) is 163 Å². The van der Waals surface area contributed by atoms with Crippen molar-refractivity contribution in [2.45, 2.75) is 52.3 Å². The number of nitrogens with one attached hydrogen (secondary N) is 1. The van der Waals surface area contributed by atoms with Crippen LogP contribution in [0.15, 0.2) is 5.10 Å². The number of hydrogen-bond acceptors (Lipinski definition) is 7. The highest BCUT2D eigenvalue weighted by Gasteiger charge is 2.35. The third-order valence-corrected chi connectivity index (χ3v) is 2.88. The number of aldehydes is 1. The van der Waals surface area contributed by atoms with Crippen LogP contribution in [0.1, 0.15) is 34.6 Å². The molecule has 0 aromatic heterocycles. The summed E-state index contributed by atoms with van der Waals surface area (Å²) in [5, 5.41) is 3.66. The molecule has 0 rings (SSSR count). The molecule has 0 aromatic rings. The van der Waals surface area contributed by atoms with Gasteiger partial charge in [-0.1, -0.05) is 13.8 Å². The minimum Gasteiger partial charge on any atom is -0.473 e. The van der Waals surface area contributed by atoms with Crippen molar-refractivity contribution in [3.63, 3.8) is 0 Å². The first kappa shape index (κ1) is 21.0. The van der Waals surface area contributed by atoms with E-state index in [1.807, 2.05) is 5.43 Å². The monoisotopic (exact) mass is 329 g/mol. The molecule has 0 heterocycles. The fourth-order valence-corrected chi connectivity index (χ4v) is 1.62. The first-order valence-electron chi connectivity index (χ1n) is 7.23. The number of hydrogen-bond donors (Lipinski definition) is 4. The summed E-state index contributed by atoms with van der Waals surface area (Å²) in [5.41, 5.74) is 18.0. The molecule has 0 bridgehead atoms. The first-order chi connectivity index (χ1) is 10.4. The van der Waals surface area contributed by atoms with Crippen molar-refractivity contribution in [3.8, 4) is 0 Å². The Morgan fingerprint density at radius 1 is 1.17 bits per heavy atom. The van der Waals surface area contributed by atoms with Gasteiger partial charge in [-0.15, -0.1) is 5.10 Å². The minimum atomic E-state index is -1.25. The van der Waals surface area contributed by atoms with Crippen molar-refractivity contribution in [1.82, 2.24) is 5.43 Å². The van der Waals surface area contributed by atoms with Crippen LogP contribution in [-0.4, -0.2) is 41.7 Å². The van der Waals surface area contributed by atoms with Gasteiger partial charge in [-0.05, 0) is 26.7 Å². The first-order valence-corrected chi connectivity index (χ1v) is 7.23. The van der Waals surface area contributed by atoms with Gasteiger partial charge in [-0.3, -0.25) is 4.79 Å². The van der Waals surface area contributed by atoms with Crippen LogP contribution in [-0.2, 0) is 14.3 Å². The predicted octanol–water partition coefficient (Wildman–Crippen LogP) is -0.522. The SMILES string of the molecule is CC(C)[C@H](N)C(=O)[C@H](C=O)C(N)C(=NNC(N)=O)OC(C)(C)C. The van der Waals surface area contributed by atoms with Gasteiger partial charge in [0.15, 0.2) is 5.78 Å². The molecule has 1 unspecified atom stereocenters. The number of nitrogens with zero attached hydrogens (tertiary/aromatic N) is 1. The maximum Gasteiger partial charge on any atom is 0.332 e. The largest absolute Gasteiger partial charge is 0.473 e. The molecule has 0 aliphatic rings. The molecule has 9 heteroatoms. The molecule has 7 N–H and O–H groups in total. The maximum atomic E-state index is 12.3. The lowest BCUT2D eigenvalue weighted by molar-refractivity contribution is -0.129. The second kappa shape index (κ2) is 8.59. The van der Waals surface area contributed by atoms with E-state index in [0.717, 1.165) is 0 Å². The average Bonchev–Trinajstić information content (AvgIpc) is 2.41. The summed E-state index contributed by atoms with van der Waals surface area (Å²) >= 11 is 0. The molecule has 2 amide bonds. The number of carbonyl (C=O) groups is 3. The van der Waals surface area contributed by atoms with Crippen LogP contribution in [0.2, 0.25) is 0 Å². The summed E-state index contributed by atoms with van der Waals surface area (Å²) in [4.78, 5) is 34.5. The van der Waals surface area contributed by atoms with Crippen LogP contribution in [0.3, 0.4) is 0 Å². The normalized spacial score (nSPS) is 16.4. The van der Waals surface area contributed by atoms with Crippen LogP contribution in [0.5, 0.6) is 0 Å². The van der Waals surface area contributed by atoms with Crippen molar-refractivity contribution in [1.29, 1.82) is 0 Å². The van der Waals surface area contributed by atoms with Gasteiger partial charge in [0.1, 0.15) is 11.9 Å². The fourth-order valence-electron chi connectivity index (χ4n) is 1.62. The van der Waals surface area contributed by atoms with Gasteiger partial charge < -0.3 is 26.7 Å². The Labute approximate surface area is 136 Å². The van der Waals surface area contributed by atoms with Crippen molar-refractivity contribution in [2.75, 3.05) is 0 Å². The highest BCUT2D eigenvalue weighted by atomic mass is 16.5. The smallest absolute Gasteiger partial charge is 0.332 e. The number of primary amides is 1. The van der Waals surface area contributed by atoms with Crippen LogP contribution >= 0.6 is 0 Å². The van der Waals surface area contributed by atoms with Crippen LogP contribution in [0.25, 0.3) is 0 Å². The number of hydrazone groups is 1. The van der Waals surface area contributed by atoms with E-state index in [-0.39, 0.29) is 11.8 Å². The van der Waals surface area contributed by atoms with Gasteiger partial charge in [-0.25, -0.2) is 10.2 Å². The summed E-state index contributed by atoms with van der Waals surface area (Å²) in [6.45, 7) is 8.67. The van der Waals surface area contributed by atoms with Gasteiger partial charge >= 0.3 is 6.03 Å². The van der Waals surface area contributed by atoms with Crippen LogP contribution < -0.4 is 22.6 Å². The third kappa shape index (κ3) is 7.20. The van der Waals surface area contributed by atoms with E-state index in [9.17, 15) is 14.4 Å². The summed E-state index contributed by atoms with van der Waals surface area (Å²) in [6.07, 6.45) is 0.404. The van der Waals surface area contributed by atoms with Gasteiger partial charge in [0.05, 0.1) is 18.0 Å². The predicted molar refractivity (Wildman–Crippen MR) is 86.3 cm³/mol. The van der Waals surface area contributed by atoms with E-state index in [1.165, 1.54) is 0 Å². The maximum absolute atomic E-state index is 12.3. The Bertz CT molecular complexity index is 470. The number of ether oxygens (including phenoxy) is 1. The summed E-state index contributed by atoms with van der Waals surface area (Å²) < 4.78 is 5.53. The molecule has 0 saturated carbocycles. The minimum absolute atomic E-state index is 0.162. The Morgan fingerprint density at radius 2 is 1.70 bits per heavy atom. The van der Waals surface area contributed by atoms with Gasteiger partial charge in [0.25, 0.3) is 0 Å². The molecule has 0 aliphatic heterocycles. The number of urea groups is 1. The van der Waals surface area contributed by atoms with Gasteiger partial charge in [0.2, 0.25) is 5.90 Å². The zero-order valence-electron chi connectivity index (χ0n) is 14.2. The molecule has 9 nitrogen and oxygen atoms in total. The van der Waals surface area contributed by atoms with Gasteiger partial charge in [0, 0.05) is 0 Å². The number of carbonyl (C=O) groups excluding carboxylic acids is 3. The van der Waals surface area contributed by atoms with Gasteiger partial charge in [-0.2, -0.15) is 0 Å². The molecule has 0 aromatic carbocycles. The molecular formula is C14H27N5O4. The quantitative estimate of drug-likeness (QED) is 0.161. The van der Waals surface area contributed by atoms with E-state index in [4.69, 9.17) is 21.9 Å². The number of Topliss-reactive ketones (excluding diaryl/α,β-unsaturated/α-hetero) is 1. The molecule has 3 atom stereocenters. The number of nitrogens with two attached hydrogens (primary N) is 3. The molecule has 132 valence electrons. The van der Waals surface area contributed by atoms with Crippen molar-refractivity contribution < 1.29 is 19.1 Å². The van der Waals surface area contributed by atoms with E-state index < -0.39 is 35.4 Å². The lowest BCUT2D eigenvalue weighted by Crippen LogP contribution is -2.52. The lowest BCUT2D eigenvalue weighted by Gasteiger charge is -2.28. The summed E-state index contributed by atoms with van der Waals surface area (Å²) in [6, 6.07) is -2.98. The number of ketones is 1. The fraction of sp³-hybridized carbons (Fsp3) is 0.714. The highest BCUT2D eigenvalue weighted by Crippen LogP contribution is 2.15. The number of rotatable bonds is 7. The zero-order valence-corrected chi connectivity index (χ0v) is 14.2. The van der Waals surface area contributed by atoms with E-state index in [1.54, 1.807) is 34.6 Å². The third-order valence-electron chi connectivity index (χ3n) is 2.88. The van der Waals surface area contributed by atoms with E-state index in [0.29, 0.717) is 6.29 Å². The molecule has 0 fully saturated rings. The second-order valence-corrected chi connectivity index (χ2v) is 6.50. The zero-order chi connectivity index (χ0) is 18.4. The lowest BCUT2D eigenvalue weighted by atomic mass is 9.88. The second-order valence-electron chi connectivity index (χ2n) is 6.50. The molecule has 0 radical (unpaired) electrons. The number of amides is 2. The molecule has 0 aliphatic carbocycles. The Morgan fingerprint density at radius 3 is 2.04 bits per heavy atom. The summed E-state index contributed by atoms with van der Waals surface area (Å²) in [5.74, 6) is -2.11. The van der Waals surface area contributed by atoms with E-state index in [2.05, 4.69) is 5.10 Å². The van der Waals surface area contributed by atoms with Crippen molar-refractivity contribution in [2.24, 2.45) is 34.1 Å². The molecular weight excluding hydrogens is 302 g/mol. The van der Waals surface area contributed by atoms with Crippen LogP contribution in [0, 0.1) is 11.8 Å². The van der Waals surface area contributed by atoms with Crippen LogP contribution in [0.4, 0.5) is 4.79 Å². The van der Waals surface area contributed by atoms with Crippen molar-refractivity contribution >= 4 is 24.0 Å². The summed E-state index contributed by atoms with van der Waals surface area (Å²) in [7, 11) is 0. The molecule has 23 heavy (non-hydrogen) atoms. The highest BCUT2D eigenvalue weighted by molar-refractivity contribution is 6.02. The Balaban J connectivity index is 5.49. The Hall–Kier alpha value is -2.00. The average molecular weight is 329 g/mol. The van der Waals surface area contributed by atoms with Crippen molar-refractivity contribution in [3.05, 3.63) is 0 Å².